The van der Waals surface area contributed by atoms with Crippen LogP contribution in [0, 0.1) is 0 Å². The molecule has 1 aliphatic heterocycles. The number of nitrogens with zero attached hydrogens (tertiary/aromatic N) is 3. The molecular formula is C29H26ClN3O3. The number of hydrogen-bond donors (Lipinski definition) is 1. The Morgan fingerprint density at radius 2 is 1.64 bits per heavy atom. The average Bonchev–Trinajstić information content (AvgIpc) is 2.90. The zero-order valence-corrected chi connectivity index (χ0v) is 20.4. The molecule has 2 heterocycles. The first kappa shape index (κ1) is 23.9. The summed E-state index contributed by atoms with van der Waals surface area (Å²) in [4.78, 5) is 20.4. The zero-order valence-electron chi connectivity index (χ0n) is 19.7. The van der Waals surface area contributed by atoms with E-state index in [1.807, 2.05) is 24.3 Å². The standard InChI is InChI=1S/C29H26ClN3O3/c30-23-7-5-21(6-8-23)26-4-2-1-3-22(26)20-32-15-17-33(18-16-32)24-9-10-27(29(34)35)28(19-24)36-25-11-13-31-14-12-25/h1-14,19H,15-18,20H2,(H,34,35). The fourth-order valence-electron chi connectivity index (χ4n) is 4.48. The van der Waals surface area contributed by atoms with Crippen LogP contribution < -0.4 is 9.64 Å². The number of piperazine rings is 1. The van der Waals surface area contributed by atoms with Crippen LogP contribution in [0.2, 0.25) is 5.02 Å². The second kappa shape index (κ2) is 10.8. The highest BCUT2D eigenvalue weighted by molar-refractivity contribution is 6.30. The summed E-state index contributed by atoms with van der Waals surface area (Å²) in [6.07, 6.45) is 3.23. The van der Waals surface area contributed by atoms with E-state index in [4.69, 9.17) is 16.3 Å². The Morgan fingerprint density at radius 1 is 0.917 bits per heavy atom. The molecule has 3 aromatic carbocycles. The molecule has 182 valence electrons. The van der Waals surface area contributed by atoms with Crippen LogP contribution in [0.1, 0.15) is 15.9 Å². The van der Waals surface area contributed by atoms with Crippen LogP contribution in [0.4, 0.5) is 5.69 Å². The number of rotatable bonds is 7. The molecule has 1 aliphatic rings. The third kappa shape index (κ3) is 5.51. The summed E-state index contributed by atoms with van der Waals surface area (Å²) in [5.74, 6) is -0.144. The number of benzene rings is 3. The minimum Gasteiger partial charge on any atom is -0.478 e. The van der Waals surface area contributed by atoms with Crippen LogP contribution >= 0.6 is 11.6 Å². The molecule has 0 saturated carbocycles. The van der Waals surface area contributed by atoms with Gasteiger partial charge in [-0.25, -0.2) is 4.79 Å². The van der Waals surface area contributed by atoms with Gasteiger partial charge in [0.2, 0.25) is 0 Å². The molecule has 0 aliphatic carbocycles. The van der Waals surface area contributed by atoms with Crippen molar-refractivity contribution in [3.05, 3.63) is 107 Å². The van der Waals surface area contributed by atoms with E-state index in [0.29, 0.717) is 11.5 Å². The first-order valence-electron chi connectivity index (χ1n) is 11.8. The van der Waals surface area contributed by atoms with Crippen LogP contribution in [0.25, 0.3) is 11.1 Å². The van der Waals surface area contributed by atoms with Crippen molar-refractivity contribution in [3.63, 3.8) is 0 Å². The van der Waals surface area contributed by atoms with E-state index >= 15 is 0 Å². The molecule has 5 rings (SSSR count). The van der Waals surface area contributed by atoms with Gasteiger partial charge in [0.15, 0.2) is 0 Å². The summed E-state index contributed by atoms with van der Waals surface area (Å²) in [5, 5.41) is 10.4. The molecule has 0 bridgehead atoms. The van der Waals surface area contributed by atoms with Crippen LogP contribution in [-0.2, 0) is 6.54 Å². The van der Waals surface area contributed by atoms with Crippen molar-refractivity contribution in [2.75, 3.05) is 31.1 Å². The van der Waals surface area contributed by atoms with Crippen LogP contribution in [0.15, 0.2) is 91.3 Å². The Bertz CT molecular complexity index is 1340. The molecule has 0 spiro atoms. The van der Waals surface area contributed by atoms with Crippen molar-refractivity contribution in [2.24, 2.45) is 0 Å². The minimum absolute atomic E-state index is 0.132. The van der Waals surface area contributed by atoms with Crippen molar-refractivity contribution >= 4 is 23.3 Å². The van der Waals surface area contributed by atoms with Crippen LogP contribution in [0.5, 0.6) is 11.5 Å². The maximum atomic E-state index is 11.7. The molecule has 4 aromatic rings. The van der Waals surface area contributed by atoms with Gasteiger partial charge in [0.1, 0.15) is 17.1 Å². The number of pyridine rings is 1. The van der Waals surface area contributed by atoms with Gasteiger partial charge in [-0.3, -0.25) is 9.88 Å². The molecule has 1 saturated heterocycles. The summed E-state index contributed by atoms with van der Waals surface area (Å²) >= 11 is 6.08. The van der Waals surface area contributed by atoms with Gasteiger partial charge in [-0.05, 0) is 53.1 Å². The lowest BCUT2D eigenvalue weighted by molar-refractivity contribution is 0.0694. The number of carboxylic acid groups (broad SMARTS) is 1. The largest absolute Gasteiger partial charge is 0.478 e. The quantitative estimate of drug-likeness (QED) is 0.326. The molecule has 0 radical (unpaired) electrons. The van der Waals surface area contributed by atoms with Gasteiger partial charge in [-0.1, -0.05) is 48.0 Å². The van der Waals surface area contributed by atoms with Gasteiger partial charge >= 0.3 is 5.97 Å². The fraction of sp³-hybridized carbons (Fsp3) is 0.172. The molecule has 1 fully saturated rings. The lowest BCUT2D eigenvalue weighted by atomic mass is 9.99. The van der Waals surface area contributed by atoms with Gasteiger partial charge in [0, 0.05) is 61.9 Å². The highest BCUT2D eigenvalue weighted by atomic mass is 35.5. The topological polar surface area (TPSA) is 65.9 Å². The second-order valence-corrected chi connectivity index (χ2v) is 9.13. The van der Waals surface area contributed by atoms with Crippen LogP contribution in [-0.4, -0.2) is 47.1 Å². The molecule has 1 N–H and O–H groups in total. The number of anilines is 1. The number of aromatic carboxylic acids is 1. The number of ether oxygens (including phenoxy) is 1. The first-order valence-corrected chi connectivity index (χ1v) is 12.2. The minimum atomic E-state index is -1.02. The van der Waals surface area contributed by atoms with Crippen molar-refractivity contribution in [3.8, 4) is 22.6 Å². The van der Waals surface area contributed by atoms with E-state index in [-0.39, 0.29) is 5.56 Å². The predicted molar refractivity (Wildman–Crippen MR) is 142 cm³/mol. The Kier molecular flexibility index (Phi) is 7.16. The number of carbonyl (C=O) groups is 1. The maximum absolute atomic E-state index is 11.7. The Balaban J connectivity index is 1.28. The van der Waals surface area contributed by atoms with Gasteiger partial charge < -0.3 is 14.7 Å². The SMILES string of the molecule is O=C(O)c1ccc(N2CCN(Cc3ccccc3-c3ccc(Cl)cc3)CC2)cc1Oc1ccncc1. The third-order valence-corrected chi connectivity index (χ3v) is 6.63. The fourth-order valence-corrected chi connectivity index (χ4v) is 4.60. The molecule has 0 atom stereocenters. The molecule has 1 aromatic heterocycles. The average molecular weight is 500 g/mol. The van der Waals surface area contributed by atoms with Crippen molar-refractivity contribution < 1.29 is 14.6 Å². The van der Waals surface area contributed by atoms with Gasteiger partial charge in [0.05, 0.1) is 0 Å². The number of halogens is 1. The number of hydrogen-bond acceptors (Lipinski definition) is 5. The molecular weight excluding hydrogens is 474 g/mol. The highest BCUT2D eigenvalue weighted by Gasteiger charge is 2.21. The Hall–Kier alpha value is -3.87. The smallest absolute Gasteiger partial charge is 0.339 e. The monoisotopic (exact) mass is 499 g/mol. The lowest BCUT2D eigenvalue weighted by Gasteiger charge is -2.36. The third-order valence-electron chi connectivity index (χ3n) is 6.38. The summed E-state index contributed by atoms with van der Waals surface area (Å²) < 4.78 is 5.90. The van der Waals surface area contributed by atoms with Crippen molar-refractivity contribution in [2.45, 2.75) is 6.54 Å². The second-order valence-electron chi connectivity index (χ2n) is 8.70. The van der Waals surface area contributed by atoms with E-state index in [0.717, 1.165) is 49.0 Å². The van der Waals surface area contributed by atoms with Gasteiger partial charge in [0.25, 0.3) is 0 Å². The summed E-state index contributed by atoms with van der Waals surface area (Å²) in [5.41, 5.74) is 4.75. The Labute approximate surface area is 215 Å². The van der Waals surface area contributed by atoms with Crippen molar-refractivity contribution in [1.29, 1.82) is 0 Å². The van der Waals surface area contributed by atoms with Gasteiger partial charge in [-0.15, -0.1) is 0 Å². The maximum Gasteiger partial charge on any atom is 0.339 e. The predicted octanol–water partition coefficient (Wildman–Crippen LogP) is 6.21. The molecule has 0 amide bonds. The lowest BCUT2D eigenvalue weighted by Crippen LogP contribution is -2.46. The van der Waals surface area contributed by atoms with E-state index in [1.54, 1.807) is 30.6 Å². The Morgan fingerprint density at radius 3 is 2.36 bits per heavy atom. The number of aromatic nitrogens is 1. The molecule has 6 nitrogen and oxygen atoms in total. The first-order chi connectivity index (χ1) is 17.6. The molecule has 36 heavy (non-hydrogen) atoms. The van der Waals surface area contributed by atoms with Crippen LogP contribution in [0.3, 0.4) is 0 Å². The van der Waals surface area contributed by atoms with E-state index in [9.17, 15) is 9.90 Å². The summed E-state index contributed by atoms with van der Waals surface area (Å²) in [7, 11) is 0. The van der Waals surface area contributed by atoms with Crippen molar-refractivity contribution in [1.82, 2.24) is 9.88 Å². The van der Waals surface area contributed by atoms with E-state index in [2.05, 4.69) is 51.2 Å². The van der Waals surface area contributed by atoms with E-state index < -0.39 is 5.97 Å². The normalized spacial score (nSPS) is 14.0. The number of carboxylic acids is 1. The molecule has 0 unspecified atom stereocenters. The van der Waals surface area contributed by atoms with E-state index in [1.165, 1.54) is 11.1 Å². The zero-order chi connectivity index (χ0) is 24.9. The van der Waals surface area contributed by atoms with Gasteiger partial charge in [-0.2, -0.15) is 0 Å². The molecule has 7 heteroatoms. The highest BCUT2D eigenvalue weighted by Crippen LogP contribution is 2.31. The summed E-state index contributed by atoms with van der Waals surface area (Å²) in [6.45, 7) is 4.34. The summed E-state index contributed by atoms with van der Waals surface area (Å²) in [6, 6.07) is 25.2.